The molecule has 0 aliphatic carbocycles. The first-order chi connectivity index (χ1) is 10.0. The first kappa shape index (κ1) is 14.8. The van der Waals surface area contributed by atoms with Crippen molar-refractivity contribution in [2.45, 2.75) is 26.8 Å². The second-order valence-electron chi connectivity index (χ2n) is 4.82. The lowest BCUT2D eigenvalue weighted by atomic mass is 10.1. The molecule has 6 heteroatoms. The monoisotopic (exact) mass is 286 g/mol. The van der Waals surface area contributed by atoms with E-state index >= 15 is 0 Å². The van der Waals surface area contributed by atoms with Crippen LogP contribution in [0.5, 0.6) is 0 Å². The Morgan fingerprint density at radius 1 is 1.38 bits per heavy atom. The molecule has 6 nitrogen and oxygen atoms in total. The van der Waals surface area contributed by atoms with Gasteiger partial charge < -0.3 is 15.6 Å². The molecule has 0 aliphatic rings. The predicted octanol–water partition coefficient (Wildman–Crippen LogP) is 1.69. The molecule has 0 fully saturated rings. The lowest BCUT2D eigenvalue weighted by molar-refractivity contribution is -0.115. The molecule has 0 bridgehead atoms. The Labute approximate surface area is 123 Å². The van der Waals surface area contributed by atoms with Gasteiger partial charge in [-0.25, -0.2) is 4.98 Å². The number of hydrogen-bond donors (Lipinski definition) is 2. The normalized spacial score (nSPS) is 10.4. The molecule has 0 aliphatic heterocycles. The van der Waals surface area contributed by atoms with Crippen LogP contribution in [-0.2, 0) is 11.3 Å². The van der Waals surface area contributed by atoms with Gasteiger partial charge in [0.1, 0.15) is 0 Å². The van der Waals surface area contributed by atoms with Gasteiger partial charge in [0.25, 0.3) is 5.91 Å². The average Bonchev–Trinajstić information content (AvgIpc) is 2.81. The van der Waals surface area contributed by atoms with Crippen molar-refractivity contribution in [1.29, 1.82) is 0 Å². The van der Waals surface area contributed by atoms with E-state index in [4.69, 9.17) is 5.73 Å². The highest BCUT2D eigenvalue weighted by Crippen LogP contribution is 2.16. The molecular formula is C15H18N4O2. The topological polar surface area (TPSA) is 90.0 Å². The van der Waals surface area contributed by atoms with Crippen LogP contribution in [0.1, 0.15) is 35.0 Å². The molecule has 0 saturated heterocycles. The maximum absolute atomic E-state index is 11.6. The van der Waals surface area contributed by atoms with Crippen molar-refractivity contribution in [2.24, 2.45) is 5.73 Å². The number of anilines is 1. The number of aromatic nitrogens is 2. The van der Waals surface area contributed by atoms with Crippen LogP contribution >= 0.6 is 0 Å². The number of amides is 2. The average molecular weight is 286 g/mol. The van der Waals surface area contributed by atoms with E-state index in [2.05, 4.69) is 10.3 Å². The summed E-state index contributed by atoms with van der Waals surface area (Å²) in [6, 6.07) is 7.93. The number of primary amides is 1. The molecule has 1 aromatic carbocycles. The Morgan fingerprint density at radius 3 is 2.76 bits per heavy atom. The van der Waals surface area contributed by atoms with Crippen molar-refractivity contribution in [2.75, 3.05) is 5.32 Å². The van der Waals surface area contributed by atoms with E-state index in [1.807, 2.05) is 31.2 Å². The van der Waals surface area contributed by atoms with Crippen LogP contribution in [0, 0.1) is 6.92 Å². The number of rotatable bonds is 5. The lowest BCUT2D eigenvalue weighted by Crippen LogP contribution is -2.21. The third-order valence-electron chi connectivity index (χ3n) is 3.09. The van der Waals surface area contributed by atoms with Crippen LogP contribution in [-0.4, -0.2) is 21.4 Å². The van der Waals surface area contributed by atoms with Crippen LogP contribution in [0.2, 0.25) is 0 Å². The highest BCUT2D eigenvalue weighted by atomic mass is 16.2. The van der Waals surface area contributed by atoms with Gasteiger partial charge in [0.05, 0.1) is 6.33 Å². The zero-order valence-corrected chi connectivity index (χ0v) is 12.1. The zero-order valence-electron chi connectivity index (χ0n) is 12.1. The zero-order chi connectivity index (χ0) is 15.4. The summed E-state index contributed by atoms with van der Waals surface area (Å²) in [6.07, 6.45) is 1.82. The van der Waals surface area contributed by atoms with Crippen LogP contribution in [0.25, 0.3) is 0 Å². The fourth-order valence-corrected chi connectivity index (χ4v) is 2.08. The number of hydrogen-bond acceptors (Lipinski definition) is 3. The standard InChI is InChI=1S/C15H18N4O2/c1-3-12(20)18-15-13(14(16)21)19(9-17-15)8-11-6-4-5-10(2)7-11/h4-7,9H,3,8H2,1-2H3,(H2,16,21)(H,18,20). The number of imidazole rings is 1. The number of aryl methyl sites for hydroxylation is 1. The first-order valence-electron chi connectivity index (χ1n) is 6.71. The molecule has 110 valence electrons. The minimum absolute atomic E-state index is 0.207. The van der Waals surface area contributed by atoms with Crippen molar-refractivity contribution in [1.82, 2.24) is 9.55 Å². The molecule has 2 aromatic rings. The number of benzene rings is 1. The molecule has 2 rings (SSSR count). The van der Waals surface area contributed by atoms with E-state index in [0.717, 1.165) is 11.1 Å². The predicted molar refractivity (Wildman–Crippen MR) is 79.9 cm³/mol. The molecule has 0 atom stereocenters. The summed E-state index contributed by atoms with van der Waals surface area (Å²) in [6.45, 7) is 4.19. The SMILES string of the molecule is CCC(=O)Nc1ncn(Cc2cccc(C)c2)c1C(N)=O. The van der Waals surface area contributed by atoms with E-state index < -0.39 is 5.91 Å². The summed E-state index contributed by atoms with van der Waals surface area (Å²) in [5.41, 5.74) is 7.78. The van der Waals surface area contributed by atoms with Crippen LogP contribution in [0.15, 0.2) is 30.6 Å². The largest absolute Gasteiger partial charge is 0.364 e. The van der Waals surface area contributed by atoms with Crippen LogP contribution < -0.4 is 11.1 Å². The van der Waals surface area contributed by atoms with Gasteiger partial charge in [-0.15, -0.1) is 0 Å². The number of nitrogens with one attached hydrogen (secondary N) is 1. The first-order valence-corrected chi connectivity index (χ1v) is 6.71. The Kier molecular flexibility index (Phi) is 4.37. The van der Waals surface area contributed by atoms with Gasteiger partial charge in [0.2, 0.25) is 5.91 Å². The molecule has 1 heterocycles. The minimum atomic E-state index is -0.619. The summed E-state index contributed by atoms with van der Waals surface area (Å²) < 4.78 is 1.64. The molecular weight excluding hydrogens is 268 g/mol. The third-order valence-corrected chi connectivity index (χ3v) is 3.09. The van der Waals surface area contributed by atoms with Crippen molar-refractivity contribution < 1.29 is 9.59 Å². The maximum Gasteiger partial charge on any atom is 0.269 e. The third kappa shape index (κ3) is 3.47. The summed E-state index contributed by atoms with van der Waals surface area (Å²) in [5.74, 6) is -0.619. The fraction of sp³-hybridized carbons (Fsp3) is 0.267. The minimum Gasteiger partial charge on any atom is -0.364 e. The van der Waals surface area contributed by atoms with Gasteiger partial charge in [0, 0.05) is 13.0 Å². The summed E-state index contributed by atoms with van der Waals surface area (Å²) in [4.78, 5) is 27.2. The van der Waals surface area contributed by atoms with Crippen molar-refractivity contribution >= 4 is 17.6 Å². The number of nitrogens with two attached hydrogens (primary N) is 1. The van der Waals surface area contributed by atoms with Gasteiger partial charge >= 0.3 is 0 Å². The van der Waals surface area contributed by atoms with Gasteiger partial charge in [-0.1, -0.05) is 36.8 Å². The van der Waals surface area contributed by atoms with Crippen molar-refractivity contribution in [3.63, 3.8) is 0 Å². The highest BCUT2D eigenvalue weighted by molar-refractivity contribution is 6.00. The van der Waals surface area contributed by atoms with Gasteiger partial charge in [-0.05, 0) is 12.5 Å². The quantitative estimate of drug-likeness (QED) is 0.876. The number of carbonyl (C=O) groups excluding carboxylic acids is 2. The van der Waals surface area contributed by atoms with E-state index in [9.17, 15) is 9.59 Å². The van der Waals surface area contributed by atoms with Crippen molar-refractivity contribution in [3.05, 3.63) is 47.4 Å². The summed E-state index contributed by atoms with van der Waals surface area (Å²) in [7, 11) is 0. The highest BCUT2D eigenvalue weighted by Gasteiger charge is 2.17. The van der Waals surface area contributed by atoms with Gasteiger partial charge in [-0.3, -0.25) is 9.59 Å². The van der Waals surface area contributed by atoms with Crippen LogP contribution in [0.3, 0.4) is 0 Å². The summed E-state index contributed by atoms with van der Waals surface area (Å²) >= 11 is 0. The molecule has 1 aromatic heterocycles. The summed E-state index contributed by atoms with van der Waals surface area (Å²) in [5, 5.41) is 2.59. The van der Waals surface area contributed by atoms with Crippen molar-refractivity contribution in [3.8, 4) is 0 Å². The van der Waals surface area contributed by atoms with E-state index in [1.165, 1.54) is 6.33 Å². The molecule has 0 saturated carbocycles. The Balaban J connectivity index is 2.31. The smallest absolute Gasteiger partial charge is 0.269 e. The molecule has 0 unspecified atom stereocenters. The second-order valence-corrected chi connectivity index (χ2v) is 4.82. The Hall–Kier alpha value is -2.63. The van der Waals surface area contributed by atoms with E-state index in [0.29, 0.717) is 13.0 Å². The molecule has 2 amide bonds. The molecule has 0 spiro atoms. The van der Waals surface area contributed by atoms with Gasteiger partial charge in [0.15, 0.2) is 11.5 Å². The van der Waals surface area contributed by atoms with E-state index in [1.54, 1.807) is 11.5 Å². The number of carbonyl (C=O) groups is 2. The fourth-order valence-electron chi connectivity index (χ4n) is 2.08. The van der Waals surface area contributed by atoms with Gasteiger partial charge in [-0.2, -0.15) is 0 Å². The Bertz CT molecular complexity index is 676. The molecule has 3 N–H and O–H groups in total. The number of nitrogens with zero attached hydrogens (tertiary/aromatic N) is 2. The second kappa shape index (κ2) is 6.21. The molecule has 0 radical (unpaired) electrons. The Morgan fingerprint density at radius 2 is 2.14 bits per heavy atom. The van der Waals surface area contributed by atoms with E-state index in [-0.39, 0.29) is 17.4 Å². The lowest BCUT2D eigenvalue weighted by Gasteiger charge is -2.08. The molecule has 21 heavy (non-hydrogen) atoms. The maximum atomic E-state index is 11.6. The van der Waals surface area contributed by atoms with Crippen LogP contribution in [0.4, 0.5) is 5.82 Å².